The molecule has 132 valence electrons. The molecule has 0 aliphatic carbocycles. The van der Waals surface area contributed by atoms with Gasteiger partial charge in [-0.3, -0.25) is 14.6 Å². The highest BCUT2D eigenvalue weighted by Crippen LogP contribution is 2.19. The van der Waals surface area contributed by atoms with E-state index in [0.29, 0.717) is 40.0 Å². The Balaban J connectivity index is 1.87. The zero-order valence-electron chi connectivity index (χ0n) is 14.5. The number of nitrogens with zero attached hydrogens (tertiary/aromatic N) is 1. The number of carbonyl (C=O) groups excluding carboxylic acids is 2. The highest BCUT2D eigenvalue weighted by Gasteiger charge is 2.13. The second kappa shape index (κ2) is 7.31. The Labute approximate surface area is 150 Å². The van der Waals surface area contributed by atoms with Gasteiger partial charge >= 0.3 is 0 Å². The molecule has 0 aliphatic rings. The van der Waals surface area contributed by atoms with Crippen LogP contribution in [0, 0.1) is 12.7 Å². The highest BCUT2D eigenvalue weighted by molar-refractivity contribution is 6.07. The number of hydrogen-bond acceptors (Lipinski definition) is 3. The molecule has 3 rings (SSSR count). The van der Waals surface area contributed by atoms with Crippen molar-refractivity contribution in [2.45, 2.75) is 13.8 Å². The third-order valence-electron chi connectivity index (χ3n) is 3.93. The number of anilines is 1. The van der Waals surface area contributed by atoms with Crippen LogP contribution in [0.15, 0.2) is 48.5 Å². The van der Waals surface area contributed by atoms with E-state index in [9.17, 15) is 14.0 Å². The monoisotopic (exact) mass is 351 g/mol. The van der Waals surface area contributed by atoms with Crippen molar-refractivity contribution in [2.75, 3.05) is 11.9 Å². The van der Waals surface area contributed by atoms with Gasteiger partial charge in [-0.15, -0.1) is 0 Å². The van der Waals surface area contributed by atoms with Gasteiger partial charge < -0.3 is 10.6 Å². The number of pyridine rings is 1. The summed E-state index contributed by atoms with van der Waals surface area (Å²) in [6.07, 6.45) is 0. The number of nitrogens with one attached hydrogen (secondary N) is 2. The number of hydrogen-bond donors (Lipinski definition) is 2. The minimum Gasteiger partial charge on any atom is -0.352 e. The molecule has 0 saturated heterocycles. The summed E-state index contributed by atoms with van der Waals surface area (Å²) in [5.74, 6) is -0.910. The molecule has 0 unspecified atom stereocenters. The van der Waals surface area contributed by atoms with Crippen LogP contribution in [0.25, 0.3) is 10.9 Å². The molecule has 0 aliphatic heterocycles. The molecule has 0 fully saturated rings. The molecular formula is C20H18FN3O2. The van der Waals surface area contributed by atoms with Crippen LogP contribution in [0.2, 0.25) is 0 Å². The smallest absolute Gasteiger partial charge is 0.257 e. The topological polar surface area (TPSA) is 71.1 Å². The first-order valence-electron chi connectivity index (χ1n) is 8.24. The van der Waals surface area contributed by atoms with Gasteiger partial charge in [-0.2, -0.15) is 0 Å². The van der Waals surface area contributed by atoms with Gasteiger partial charge in [0.2, 0.25) is 0 Å². The molecule has 5 nitrogen and oxygen atoms in total. The lowest BCUT2D eigenvalue weighted by atomic mass is 10.1. The van der Waals surface area contributed by atoms with Crippen LogP contribution >= 0.6 is 0 Å². The normalized spacial score (nSPS) is 10.6. The Morgan fingerprint density at radius 3 is 2.65 bits per heavy atom. The zero-order chi connectivity index (χ0) is 18.7. The minimum absolute atomic E-state index is 0.200. The van der Waals surface area contributed by atoms with Gasteiger partial charge in [0.1, 0.15) is 5.82 Å². The van der Waals surface area contributed by atoms with Crippen molar-refractivity contribution >= 4 is 28.4 Å². The van der Waals surface area contributed by atoms with Gasteiger partial charge in [-0.25, -0.2) is 4.39 Å². The second-order valence-corrected chi connectivity index (χ2v) is 5.85. The van der Waals surface area contributed by atoms with Crippen LogP contribution in [0.4, 0.5) is 10.1 Å². The largest absolute Gasteiger partial charge is 0.352 e. The van der Waals surface area contributed by atoms with E-state index >= 15 is 0 Å². The fraction of sp³-hybridized carbons (Fsp3) is 0.150. The highest BCUT2D eigenvalue weighted by atomic mass is 19.1. The molecular weight excluding hydrogens is 333 g/mol. The van der Waals surface area contributed by atoms with E-state index < -0.39 is 0 Å². The molecule has 0 saturated carbocycles. The predicted molar refractivity (Wildman–Crippen MR) is 98.8 cm³/mol. The average Bonchev–Trinajstić information content (AvgIpc) is 2.61. The molecule has 1 heterocycles. The summed E-state index contributed by atoms with van der Waals surface area (Å²) in [4.78, 5) is 28.8. The predicted octanol–water partition coefficient (Wildman–Crippen LogP) is 3.68. The zero-order valence-corrected chi connectivity index (χ0v) is 14.5. The number of amides is 2. The van der Waals surface area contributed by atoms with Crippen molar-refractivity contribution < 1.29 is 14.0 Å². The van der Waals surface area contributed by atoms with E-state index in [1.165, 1.54) is 12.1 Å². The molecule has 1 aromatic heterocycles. The Morgan fingerprint density at radius 1 is 1.08 bits per heavy atom. The van der Waals surface area contributed by atoms with Gasteiger partial charge in [0.05, 0.1) is 16.8 Å². The molecule has 2 amide bonds. The third-order valence-corrected chi connectivity index (χ3v) is 3.93. The lowest BCUT2D eigenvalue weighted by Gasteiger charge is -2.10. The molecule has 26 heavy (non-hydrogen) atoms. The average molecular weight is 351 g/mol. The van der Waals surface area contributed by atoms with Crippen LogP contribution < -0.4 is 10.6 Å². The summed E-state index contributed by atoms with van der Waals surface area (Å²) < 4.78 is 13.3. The SMILES string of the molecule is CCNC(=O)c1cccc(NC(=O)c2cc3ccc(F)cc3nc2C)c1. The minimum atomic E-state index is -0.372. The number of carbonyl (C=O) groups is 2. The molecule has 6 heteroatoms. The molecule has 2 aromatic carbocycles. The van der Waals surface area contributed by atoms with Crippen LogP contribution in [-0.2, 0) is 0 Å². The van der Waals surface area contributed by atoms with E-state index in [-0.39, 0.29) is 17.6 Å². The summed E-state index contributed by atoms with van der Waals surface area (Å²) in [6, 6.07) is 12.6. The number of fused-ring (bicyclic) bond motifs is 1. The van der Waals surface area contributed by atoms with Crippen LogP contribution in [-0.4, -0.2) is 23.3 Å². The number of benzene rings is 2. The van der Waals surface area contributed by atoms with Gasteiger partial charge in [0.15, 0.2) is 0 Å². The van der Waals surface area contributed by atoms with E-state index in [4.69, 9.17) is 0 Å². The summed E-state index contributed by atoms with van der Waals surface area (Å²) >= 11 is 0. The van der Waals surface area contributed by atoms with E-state index in [2.05, 4.69) is 15.6 Å². The fourth-order valence-corrected chi connectivity index (χ4v) is 2.67. The lowest BCUT2D eigenvalue weighted by molar-refractivity contribution is 0.0954. The number of halogens is 1. The number of aromatic nitrogens is 1. The Hall–Kier alpha value is -3.28. The van der Waals surface area contributed by atoms with Crippen molar-refractivity contribution in [1.82, 2.24) is 10.3 Å². The molecule has 0 radical (unpaired) electrons. The quantitative estimate of drug-likeness (QED) is 0.753. The summed E-state index contributed by atoms with van der Waals surface area (Å²) in [6.45, 7) is 4.06. The van der Waals surface area contributed by atoms with Gasteiger partial charge in [0.25, 0.3) is 11.8 Å². The maximum atomic E-state index is 13.3. The lowest BCUT2D eigenvalue weighted by Crippen LogP contribution is -2.22. The molecule has 0 bridgehead atoms. The van der Waals surface area contributed by atoms with Crippen LogP contribution in [0.1, 0.15) is 33.3 Å². The van der Waals surface area contributed by atoms with Gasteiger partial charge in [0, 0.05) is 29.2 Å². The van der Waals surface area contributed by atoms with Gasteiger partial charge in [-0.1, -0.05) is 6.07 Å². The maximum absolute atomic E-state index is 13.3. The molecule has 3 aromatic rings. The fourth-order valence-electron chi connectivity index (χ4n) is 2.67. The van der Waals surface area contributed by atoms with Gasteiger partial charge in [-0.05, 0) is 50.2 Å². The van der Waals surface area contributed by atoms with Crippen molar-refractivity contribution in [1.29, 1.82) is 0 Å². The van der Waals surface area contributed by atoms with Crippen molar-refractivity contribution in [3.05, 3.63) is 71.2 Å². The number of aryl methyl sites for hydroxylation is 1. The van der Waals surface area contributed by atoms with Crippen LogP contribution in [0.5, 0.6) is 0 Å². The Morgan fingerprint density at radius 2 is 1.88 bits per heavy atom. The third kappa shape index (κ3) is 3.69. The molecule has 0 atom stereocenters. The number of rotatable bonds is 4. The van der Waals surface area contributed by atoms with Crippen molar-refractivity contribution in [2.24, 2.45) is 0 Å². The molecule has 0 spiro atoms. The Kier molecular flexibility index (Phi) is 4.93. The van der Waals surface area contributed by atoms with Crippen molar-refractivity contribution in [3.63, 3.8) is 0 Å². The first-order chi connectivity index (χ1) is 12.5. The Bertz CT molecular complexity index is 1000. The first-order valence-corrected chi connectivity index (χ1v) is 8.24. The summed E-state index contributed by atoms with van der Waals surface area (Å²) in [5.41, 5.74) is 2.37. The maximum Gasteiger partial charge on any atom is 0.257 e. The first kappa shape index (κ1) is 17.5. The second-order valence-electron chi connectivity index (χ2n) is 5.85. The van der Waals surface area contributed by atoms with E-state index in [1.807, 2.05) is 6.92 Å². The molecule has 2 N–H and O–H groups in total. The van der Waals surface area contributed by atoms with E-state index in [1.54, 1.807) is 43.3 Å². The van der Waals surface area contributed by atoms with Crippen molar-refractivity contribution in [3.8, 4) is 0 Å². The standard InChI is InChI=1S/C20H18FN3O2/c1-3-22-19(25)14-5-4-6-16(9-14)24-20(26)17-10-13-7-8-15(21)11-18(13)23-12(17)2/h4-11H,3H2,1-2H3,(H,22,25)(H,24,26). The summed E-state index contributed by atoms with van der Waals surface area (Å²) in [5, 5.41) is 6.17. The summed E-state index contributed by atoms with van der Waals surface area (Å²) in [7, 11) is 0. The van der Waals surface area contributed by atoms with E-state index in [0.717, 1.165) is 0 Å². The van der Waals surface area contributed by atoms with Crippen LogP contribution in [0.3, 0.4) is 0 Å².